The van der Waals surface area contributed by atoms with Gasteiger partial charge >= 0.3 is 0 Å². The van der Waals surface area contributed by atoms with Crippen LogP contribution in [0.4, 0.5) is 0 Å². The number of carbonyl (C=O) groups excluding carboxylic acids is 1. The third-order valence-electron chi connectivity index (χ3n) is 3.33. The van der Waals surface area contributed by atoms with Crippen molar-refractivity contribution in [3.8, 4) is 5.69 Å². The molecule has 0 bridgehead atoms. The highest BCUT2D eigenvalue weighted by atomic mass is 16.3. The van der Waals surface area contributed by atoms with E-state index < -0.39 is 0 Å². The Hall–Kier alpha value is -2.82. The standard InChI is InChI=1S/C17H17N3O2/c21-17(9-8-16-7-4-10-22-16)18-11-14-12-19-20(13-14)15-5-2-1-3-6-15/h1-7,10,12-13H,8-9,11H2,(H,18,21). The average Bonchev–Trinajstić information content (AvgIpc) is 3.23. The highest BCUT2D eigenvalue weighted by Crippen LogP contribution is 2.08. The fourth-order valence-corrected chi connectivity index (χ4v) is 2.15. The summed E-state index contributed by atoms with van der Waals surface area (Å²) in [5, 5.41) is 7.19. The first-order valence-corrected chi connectivity index (χ1v) is 7.19. The van der Waals surface area contributed by atoms with Crippen LogP contribution in [-0.4, -0.2) is 15.7 Å². The monoisotopic (exact) mass is 295 g/mol. The van der Waals surface area contributed by atoms with Gasteiger partial charge in [-0.25, -0.2) is 4.68 Å². The fourth-order valence-electron chi connectivity index (χ4n) is 2.15. The third-order valence-corrected chi connectivity index (χ3v) is 3.33. The molecule has 5 heteroatoms. The lowest BCUT2D eigenvalue weighted by atomic mass is 10.2. The van der Waals surface area contributed by atoms with Crippen LogP contribution in [-0.2, 0) is 17.8 Å². The van der Waals surface area contributed by atoms with Crippen LogP contribution < -0.4 is 5.32 Å². The van der Waals surface area contributed by atoms with E-state index in [1.54, 1.807) is 17.1 Å². The maximum Gasteiger partial charge on any atom is 0.220 e. The van der Waals surface area contributed by atoms with E-state index in [9.17, 15) is 4.79 Å². The predicted molar refractivity (Wildman–Crippen MR) is 82.4 cm³/mol. The van der Waals surface area contributed by atoms with E-state index in [2.05, 4.69) is 10.4 Å². The normalized spacial score (nSPS) is 10.5. The van der Waals surface area contributed by atoms with E-state index >= 15 is 0 Å². The van der Waals surface area contributed by atoms with E-state index in [1.165, 1.54) is 0 Å². The lowest BCUT2D eigenvalue weighted by Gasteiger charge is -2.02. The Morgan fingerprint density at radius 3 is 2.82 bits per heavy atom. The molecule has 1 amide bonds. The highest BCUT2D eigenvalue weighted by Gasteiger charge is 2.05. The summed E-state index contributed by atoms with van der Waals surface area (Å²) < 4.78 is 7.00. The van der Waals surface area contributed by atoms with Crippen LogP contribution in [0.5, 0.6) is 0 Å². The van der Waals surface area contributed by atoms with Crippen LogP contribution in [0.25, 0.3) is 5.69 Å². The van der Waals surface area contributed by atoms with Gasteiger partial charge in [-0.2, -0.15) is 5.10 Å². The summed E-state index contributed by atoms with van der Waals surface area (Å²) in [5.41, 5.74) is 1.97. The minimum atomic E-state index is 0.00358. The van der Waals surface area contributed by atoms with Gasteiger partial charge in [0.15, 0.2) is 0 Å². The number of nitrogens with one attached hydrogen (secondary N) is 1. The Labute approximate surface area is 128 Å². The molecule has 1 aromatic carbocycles. The number of rotatable bonds is 6. The van der Waals surface area contributed by atoms with Gasteiger partial charge in [0.25, 0.3) is 0 Å². The van der Waals surface area contributed by atoms with Crippen molar-refractivity contribution >= 4 is 5.91 Å². The minimum Gasteiger partial charge on any atom is -0.469 e. The Balaban J connectivity index is 1.49. The molecule has 0 saturated carbocycles. The second kappa shape index (κ2) is 6.76. The van der Waals surface area contributed by atoms with Crippen molar-refractivity contribution in [2.45, 2.75) is 19.4 Å². The third kappa shape index (κ3) is 3.63. The molecule has 5 nitrogen and oxygen atoms in total. The van der Waals surface area contributed by atoms with E-state index in [0.717, 1.165) is 17.0 Å². The molecular formula is C17H17N3O2. The number of nitrogens with zero attached hydrogens (tertiary/aromatic N) is 2. The largest absolute Gasteiger partial charge is 0.469 e. The summed E-state index contributed by atoms with van der Waals surface area (Å²) in [4.78, 5) is 11.8. The lowest BCUT2D eigenvalue weighted by Crippen LogP contribution is -2.22. The molecule has 0 unspecified atom stereocenters. The van der Waals surface area contributed by atoms with Gasteiger partial charge in [-0.1, -0.05) is 18.2 Å². The van der Waals surface area contributed by atoms with Gasteiger partial charge in [0.1, 0.15) is 5.76 Å². The van der Waals surface area contributed by atoms with Crippen LogP contribution in [0.2, 0.25) is 0 Å². The van der Waals surface area contributed by atoms with Crippen molar-refractivity contribution in [1.29, 1.82) is 0 Å². The Kier molecular flexibility index (Phi) is 4.34. The average molecular weight is 295 g/mol. The van der Waals surface area contributed by atoms with Gasteiger partial charge in [0, 0.05) is 31.1 Å². The quantitative estimate of drug-likeness (QED) is 0.760. The first-order chi connectivity index (χ1) is 10.8. The molecule has 112 valence electrons. The van der Waals surface area contributed by atoms with Crippen LogP contribution in [0.3, 0.4) is 0 Å². The first-order valence-electron chi connectivity index (χ1n) is 7.19. The number of hydrogen-bond donors (Lipinski definition) is 1. The number of hydrogen-bond acceptors (Lipinski definition) is 3. The van der Waals surface area contributed by atoms with Crippen molar-refractivity contribution in [2.24, 2.45) is 0 Å². The van der Waals surface area contributed by atoms with E-state index in [0.29, 0.717) is 19.4 Å². The molecule has 1 N–H and O–H groups in total. The van der Waals surface area contributed by atoms with E-state index in [4.69, 9.17) is 4.42 Å². The SMILES string of the molecule is O=C(CCc1ccco1)NCc1cnn(-c2ccccc2)c1. The summed E-state index contributed by atoms with van der Waals surface area (Å²) >= 11 is 0. The molecular weight excluding hydrogens is 278 g/mol. The van der Waals surface area contributed by atoms with Gasteiger partial charge in [-0.05, 0) is 24.3 Å². The molecule has 3 rings (SSSR count). The topological polar surface area (TPSA) is 60.1 Å². The zero-order chi connectivity index (χ0) is 15.2. The Morgan fingerprint density at radius 1 is 1.18 bits per heavy atom. The molecule has 22 heavy (non-hydrogen) atoms. The second-order valence-electron chi connectivity index (χ2n) is 4.98. The number of aryl methyl sites for hydroxylation is 1. The number of furan rings is 1. The van der Waals surface area contributed by atoms with E-state index in [1.807, 2.05) is 48.7 Å². The fraction of sp³-hybridized carbons (Fsp3) is 0.176. The summed E-state index contributed by atoms with van der Waals surface area (Å²) in [6, 6.07) is 13.6. The van der Waals surface area contributed by atoms with Crippen molar-refractivity contribution in [1.82, 2.24) is 15.1 Å². The molecule has 0 aliphatic rings. The highest BCUT2D eigenvalue weighted by molar-refractivity contribution is 5.76. The minimum absolute atomic E-state index is 0.00358. The van der Waals surface area contributed by atoms with Crippen LogP contribution in [0.15, 0.2) is 65.5 Å². The van der Waals surface area contributed by atoms with Gasteiger partial charge in [0.05, 0.1) is 18.1 Å². The molecule has 2 heterocycles. The summed E-state index contributed by atoms with van der Waals surface area (Å²) in [6.07, 6.45) is 6.33. The van der Waals surface area contributed by atoms with Crippen LogP contribution >= 0.6 is 0 Å². The zero-order valence-electron chi connectivity index (χ0n) is 12.1. The van der Waals surface area contributed by atoms with Gasteiger partial charge in [-0.15, -0.1) is 0 Å². The van der Waals surface area contributed by atoms with Crippen molar-refractivity contribution in [2.75, 3.05) is 0 Å². The van der Waals surface area contributed by atoms with Gasteiger partial charge in [-0.3, -0.25) is 4.79 Å². The second-order valence-corrected chi connectivity index (χ2v) is 4.98. The maximum atomic E-state index is 11.8. The van der Waals surface area contributed by atoms with Crippen LogP contribution in [0.1, 0.15) is 17.7 Å². The van der Waals surface area contributed by atoms with Crippen molar-refractivity contribution < 1.29 is 9.21 Å². The number of carbonyl (C=O) groups is 1. The first kappa shape index (κ1) is 14.1. The zero-order valence-corrected chi connectivity index (χ0v) is 12.1. The maximum absolute atomic E-state index is 11.8. The molecule has 0 atom stereocenters. The smallest absolute Gasteiger partial charge is 0.220 e. The van der Waals surface area contributed by atoms with Gasteiger partial charge < -0.3 is 9.73 Å². The van der Waals surface area contributed by atoms with E-state index in [-0.39, 0.29) is 5.91 Å². The van der Waals surface area contributed by atoms with Crippen molar-refractivity contribution in [3.05, 3.63) is 72.4 Å². The molecule has 3 aromatic rings. The lowest BCUT2D eigenvalue weighted by molar-refractivity contribution is -0.121. The predicted octanol–water partition coefficient (Wildman–Crippen LogP) is 2.71. The van der Waals surface area contributed by atoms with Crippen LogP contribution in [0, 0.1) is 0 Å². The molecule has 0 fully saturated rings. The number of aromatic nitrogens is 2. The number of para-hydroxylation sites is 1. The van der Waals surface area contributed by atoms with Gasteiger partial charge in [0.2, 0.25) is 5.91 Å². The Bertz CT molecular complexity index is 717. The summed E-state index contributed by atoms with van der Waals surface area (Å²) in [7, 11) is 0. The molecule has 0 aliphatic carbocycles. The molecule has 0 saturated heterocycles. The van der Waals surface area contributed by atoms with Crippen molar-refractivity contribution in [3.63, 3.8) is 0 Å². The Morgan fingerprint density at radius 2 is 2.05 bits per heavy atom. The number of benzene rings is 1. The molecule has 0 radical (unpaired) electrons. The number of amides is 1. The molecule has 0 spiro atoms. The molecule has 0 aliphatic heterocycles. The summed E-state index contributed by atoms with van der Waals surface area (Å²) in [5.74, 6) is 0.830. The summed E-state index contributed by atoms with van der Waals surface area (Å²) in [6.45, 7) is 0.476. The molecule has 2 aromatic heterocycles.